The standard InChI is InChI=1S/C14H25N3S/c1-6-7-15-8-13-11(4)16-14(17-12(13)5)9-18-10(2)3/h10,15H,6-9H2,1-5H3. The van der Waals surface area contributed by atoms with E-state index in [1.54, 1.807) is 0 Å². The Labute approximate surface area is 115 Å². The average molecular weight is 267 g/mol. The Morgan fingerprint density at radius 3 is 2.28 bits per heavy atom. The summed E-state index contributed by atoms with van der Waals surface area (Å²) in [5.41, 5.74) is 3.48. The van der Waals surface area contributed by atoms with Gasteiger partial charge in [0, 0.05) is 23.5 Å². The highest BCUT2D eigenvalue weighted by Gasteiger charge is 2.08. The number of thioether (sulfide) groups is 1. The van der Waals surface area contributed by atoms with Crippen LogP contribution in [0.2, 0.25) is 0 Å². The Bertz CT molecular complexity index is 354. The topological polar surface area (TPSA) is 37.8 Å². The zero-order chi connectivity index (χ0) is 13.5. The fourth-order valence-corrected chi connectivity index (χ4v) is 2.37. The first-order chi connectivity index (χ1) is 8.54. The molecule has 1 N–H and O–H groups in total. The fourth-order valence-electron chi connectivity index (χ4n) is 1.76. The van der Waals surface area contributed by atoms with Crippen molar-refractivity contribution in [2.24, 2.45) is 0 Å². The van der Waals surface area contributed by atoms with Crippen LogP contribution in [0.25, 0.3) is 0 Å². The smallest absolute Gasteiger partial charge is 0.138 e. The van der Waals surface area contributed by atoms with Crippen molar-refractivity contribution < 1.29 is 0 Å². The summed E-state index contributed by atoms with van der Waals surface area (Å²) in [7, 11) is 0. The van der Waals surface area contributed by atoms with Gasteiger partial charge in [0.25, 0.3) is 0 Å². The van der Waals surface area contributed by atoms with E-state index in [0.29, 0.717) is 5.25 Å². The van der Waals surface area contributed by atoms with Gasteiger partial charge in [0.2, 0.25) is 0 Å². The molecule has 0 fully saturated rings. The summed E-state index contributed by atoms with van der Waals surface area (Å²) < 4.78 is 0. The molecule has 0 aliphatic carbocycles. The van der Waals surface area contributed by atoms with E-state index in [1.165, 1.54) is 5.56 Å². The zero-order valence-electron chi connectivity index (χ0n) is 12.2. The first-order valence-corrected chi connectivity index (χ1v) is 7.74. The van der Waals surface area contributed by atoms with E-state index in [4.69, 9.17) is 0 Å². The van der Waals surface area contributed by atoms with Crippen LogP contribution < -0.4 is 5.32 Å². The molecule has 3 nitrogen and oxygen atoms in total. The van der Waals surface area contributed by atoms with Gasteiger partial charge in [0.1, 0.15) is 5.82 Å². The molecule has 0 atom stereocenters. The van der Waals surface area contributed by atoms with Crippen molar-refractivity contribution in [3.63, 3.8) is 0 Å². The SMILES string of the molecule is CCCNCc1c(C)nc(CSC(C)C)nc1C. The van der Waals surface area contributed by atoms with Gasteiger partial charge < -0.3 is 5.32 Å². The van der Waals surface area contributed by atoms with Crippen LogP contribution in [0.1, 0.15) is 50.0 Å². The molecule has 0 unspecified atom stereocenters. The number of rotatable bonds is 7. The second-order valence-electron chi connectivity index (χ2n) is 4.83. The lowest BCUT2D eigenvalue weighted by molar-refractivity contribution is 0.663. The lowest BCUT2D eigenvalue weighted by atomic mass is 10.1. The third-order valence-electron chi connectivity index (χ3n) is 2.74. The third kappa shape index (κ3) is 4.94. The van der Waals surface area contributed by atoms with Gasteiger partial charge in [-0.15, -0.1) is 0 Å². The summed E-state index contributed by atoms with van der Waals surface area (Å²) in [4.78, 5) is 9.23. The maximum atomic E-state index is 4.61. The lowest BCUT2D eigenvalue weighted by Gasteiger charge is -2.12. The number of hydrogen-bond donors (Lipinski definition) is 1. The van der Waals surface area contributed by atoms with E-state index >= 15 is 0 Å². The molecule has 0 radical (unpaired) electrons. The molecule has 18 heavy (non-hydrogen) atoms. The molecule has 1 heterocycles. The van der Waals surface area contributed by atoms with Crippen LogP contribution >= 0.6 is 11.8 Å². The summed E-state index contributed by atoms with van der Waals surface area (Å²) in [5.74, 6) is 1.87. The Kier molecular flexibility index (Phi) is 6.65. The Morgan fingerprint density at radius 1 is 1.17 bits per heavy atom. The van der Waals surface area contributed by atoms with E-state index < -0.39 is 0 Å². The van der Waals surface area contributed by atoms with Gasteiger partial charge in [0.15, 0.2) is 0 Å². The summed E-state index contributed by atoms with van der Waals surface area (Å²) in [6.45, 7) is 12.7. The van der Waals surface area contributed by atoms with Gasteiger partial charge in [0.05, 0.1) is 5.75 Å². The molecule has 0 amide bonds. The number of aromatic nitrogens is 2. The van der Waals surface area contributed by atoms with Gasteiger partial charge >= 0.3 is 0 Å². The predicted molar refractivity (Wildman–Crippen MR) is 79.9 cm³/mol. The number of hydrogen-bond acceptors (Lipinski definition) is 4. The van der Waals surface area contributed by atoms with Gasteiger partial charge in [-0.25, -0.2) is 9.97 Å². The minimum atomic E-state index is 0.625. The molecule has 1 aromatic heterocycles. The van der Waals surface area contributed by atoms with Crippen LogP contribution in [0.3, 0.4) is 0 Å². The fraction of sp³-hybridized carbons (Fsp3) is 0.714. The Balaban J connectivity index is 2.71. The molecule has 102 valence electrons. The van der Waals surface area contributed by atoms with E-state index in [9.17, 15) is 0 Å². The summed E-state index contributed by atoms with van der Waals surface area (Å²) >= 11 is 1.89. The first kappa shape index (κ1) is 15.4. The molecule has 0 saturated carbocycles. The van der Waals surface area contributed by atoms with Crippen molar-refractivity contribution >= 4 is 11.8 Å². The zero-order valence-corrected chi connectivity index (χ0v) is 13.0. The van der Waals surface area contributed by atoms with Crippen molar-refractivity contribution in [1.82, 2.24) is 15.3 Å². The highest BCUT2D eigenvalue weighted by Crippen LogP contribution is 2.17. The minimum absolute atomic E-state index is 0.625. The quantitative estimate of drug-likeness (QED) is 0.770. The van der Waals surface area contributed by atoms with Gasteiger partial charge in [-0.1, -0.05) is 20.8 Å². The average Bonchev–Trinajstić information content (AvgIpc) is 2.30. The summed E-state index contributed by atoms with van der Waals surface area (Å²) in [6.07, 6.45) is 1.15. The maximum absolute atomic E-state index is 4.61. The van der Waals surface area contributed by atoms with Gasteiger partial charge in [-0.3, -0.25) is 0 Å². The largest absolute Gasteiger partial charge is 0.313 e. The Morgan fingerprint density at radius 2 is 1.78 bits per heavy atom. The number of nitrogens with zero attached hydrogens (tertiary/aromatic N) is 2. The molecular weight excluding hydrogens is 242 g/mol. The molecule has 0 bridgehead atoms. The number of aryl methyl sites for hydroxylation is 2. The van der Waals surface area contributed by atoms with Crippen LogP contribution in [0.15, 0.2) is 0 Å². The first-order valence-electron chi connectivity index (χ1n) is 6.69. The van der Waals surface area contributed by atoms with Crippen LogP contribution in [-0.2, 0) is 12.3 Å². The molecule has 0 aliphatic rings. The second-order valence-corrected chi connectivity index (χ2v) is 6.39. The van der Waals surface area contributed by atoms with Crippen molar-refractivity contribution in [2.45, 2.75) is 58.6 Å². The molecule has 0 aliphatic heterocycles. The van der Waals surface area contributed by atoms with Crippen LogP contribution in [-0.4, -0.2) is 21.8 Å². The summed E-state index contributed by atoms with van der Waals surface area (Å²) in [5, 5.41) is 4.04. The molecule has 4 heteroatoms. The normalized spacial score (nSPS) is 11.2. The van der Waals surface area contributed by atoms with E-state index in [2.05, 4.69) is 49.9 Å². The predicted octanol–water partition coefficient (Wildman–Crippen LogP) is 3.23. The highest BCUT2D eigenvalue weighted by molar-refractivity contribution is 7.99. The van der Waals surface area contributed by atoms with Crippen molar-refractivity contribution in [3.8, 4) is 0 Å². The lowest BCUT2D eigenvalue weighted by Crippen LogP contribution is -2.17. The minimum Gasteiger partial charge on any atom is -0.313 e. The molecule has 0 spiro atoms. The van der Waals surface area contributed by atoms with Crippen LogP contribution in [0.4, 0.5) is 0 Å². The maximum Gasteiger partial charge on any atom is 0.138 e. The molecule has 1 aromatic rings. The highest BCUT2D eigenvalue weighted by atomic mass is 32.2. The van der Waals surface area contributed by atoms with Gasteiger partial charge in [-0.05, 0) is 32.1 Å². The Hall–Kier alpha value is -0.610. The van der Waals surface area contributed by atoms with E-state index in [1.807, 2.05) is 11.8 Å². The van der Waals surface area contributed by atoms with E-state index in [-0.39, 0.29) is 0 Å². The molecular formula is C14H25N3S. The van der Waals surface area contributed by atoms with Crippen molar-refractivity contribution in [1.29, 1.82) is 0 Å². The van der Waals surface area contributed by atoms with Crippen molar-refractivity contribution in [2.75, 3.05) is 6.54 Å². The van der Waals surface area contributed by atoms with Crippen LogP contribution in [0, 0.1) is 13.8 Å². The van der Waals surface area contributed by atoms with E-state index in [0.717, 1.165) is 42.5 Å². The van der Waals surface area contributed by atoms with Crippen molar-refractivity contribution in [3.05, 3.63) is 22.8 Å². The van der Waals surface area contributed by atoms with Crippen LogP contribution in [0.5, 0.6) is 0 Å². The molecule has 0 aromatic carbocycles. The van der Waals surface area contributed by atoms with Gasteiger partial charge in [-0.2, -0.15) is 11.8 Å². The monoisotopic (exact) mass is 267 g/mol. The third-order valence-corrected chi connectivity index (χ3v) is 3.83. The number of nitrogens with one attached hydrogen (secondary N) is 1. The molecule has 0 saturated heterocycles. The summed E-state index contributed by atoms with van der Waals surface area (Å²) in [6, 6.07) is 0. The molecule has 1 rings (SSSR count). The second kappa shape index (κ2) is 7.74.